The highest BCUT2D eigenvalue weighted by Gasteiger charge is 2.02. The van der Waals surface area contributed by atoms with E-state index in [9.17, 15) is 4.79 Å². The van der Waals surface area contributed by atoms with Gasteiger partial charge < -0.3 is 5.32 Å². The summed E-state index contributed by atoms with van der Waals surface area (Å²) in [4.78, 5) is 16.3. The van der Waals surface area contributed by atoms with Crippen molar-refractivity contribution in [1.82, 2.24) is 5.48 Å². The minimum absolute atomic E-state index is 0.352. The van der Waals surface area contributed by atoms with Gasteiger partial charge in [-0.2, -0.15) is 5.26 Å². The first-order valence-corrected chi connectivity index (χ1v) is 5.30. The largest absolute Gasteiger partial charge is 0.343 e. The third kappa shape index (κ3) is 5.00. The Labute approximate surface area is 100 Å². The van der Waals surface area contributed by atoms with E-state index in [2.05, 4.69) is 10.8 Å². The summed E-state index contributed by atoms with van der Waals surface area (Å²) in [6.45, 7) is 4.43. The Morgan fingerprint density at radius 2 is 2.06 bits per heavy atom. The molecule has 0 saturated heterocycles. The van der Waals surface area contributed by atoms with Gasteiger partial charge in [-0.3, -0.25) is 4.84 Å². The third-order valence-electron chi connectivity index (χ3n) is 1.85. The molecular formula is C12H15N3O2. The lowest BCUT2D eigenvalue weighted by molar-refractivity contribution is 0.0482. The summed E-state index contributed by atoms with van der Waals surface area (Å²) in [7, 11) is 0. The first kappa shape index (κ1) is 13.0. The molecule has 0 aliphatic heterocycles. The molecule has 0 heterocycles. The Hall–Kier alpha value is -2.06. The molecule has 0 fully saturated rings. The Balaban J connectivity index is 2.37. The summed E-state index contributed by atoms with van der Waals surface area (Å²) in [6, 6.07) is 8.13. The van der Waals surface area contributed by atoms with Crippen molar-refractivity contribution >= 4 is 11.7 Å². The average molecular weight is 233 g/mol. The molecule has 17 heavy (non-hydrogen) atoms. The van der Waals surface area contributed by atoms with Gasteiger partial charge >= 0.3 is 6.03 Å². The van der Waals surface area contributed by atoms with Gasteiger partial charge in [0.15, 0.2) is 0 Å². The molecule has 5 heteroatoms. The fourth-order valence-electron chi connectivity index (χ4n) is 1.06. The fourth-order valence-corrected chi connectivity index (χ4v) is 1.06. The van der Waals surface area contributed by atoms with E-state index in [4.69, 9.17) is 10.1 Å². The second-order valence-electron chi connectivity index (χ2n) is 3.95. The monoisotopic (exact) mass is 233 g/mol. The molecule has 0 saturated carbocycles. The van der Waals surface area contributed by atoms with Crippen LogP contribution in [0, 0.1) is 17.2 Å². The zero-order chi connectivity index (χ0) is 12.7. The number of amides is 2. The van der Waals surface area contributed by atoms with Gasteiger partial charge in [-0.15, -0.1) is 0 Å². The minimum Gasteiger partial charge on any atom is -0.306 e. The molecule has 90 valence electrons. The van der Waals surface area contributed by atoms with E-state index >= 15 is 0 Å². The van der Waals surface area contributed by atoms with Gasteiger partial charge in [-0.25, -0.2) is 10.3 Å². The van der Waals surface area contributed by atoms with Crippen LogP contribution in [0.1, 0.15) is 19.4 Å². The standard InChI is InChI=1S/C12H15N3O2/c1-9(2)8-17-15-12(16)14-11-5-3-10(7-13)4-6-11/h3-6,9H,8H2,1-2H3,(H2,14,15,16). The Morgan fingerprint density at radius 1 is 1.41 bits per heavy atom. The van der Waals surface area contributed by atoms with E-state index in [-0.39, 0.29) is 0 Å². The lowest BCUT2D eigenvalue weighted by Gasteiger charge is -2.09. The number of hydrogen-bond acceptors (Lipinski definition) is 3. The number of rotatable bonds is 4. The minimum atomic E-state index is -0.435. The van der Waals surface area contributed by atoms with Crippen molar-refractivity contribution in [2.45, 2.75) is 13.8 Å². The predicted molar refractivity (Wildman–Crippen MR) is 64.1 cm³/mol. The van der Waals surface area contributed by atoms with Crippen molar-refractivity contribution in [2.24, 2.45) is 5.92 Å². The normalized spacial score (nSPS) is 9.76. The summed E-state index contributed by atoms with van der Waals surface area (Å²) in [6.07, 6.45) is 0. The Bertz CT molecular complexity index is 407. The van der Waals surface area contributed by atoms with Crippen LogP contribution < -0.4 is 10.8 Å². The smallest absolute Gasteiger partial charge is 0.306 e. The number of hydrogen-bond donors (Lipinski definition) is 2. The van der Waals surface area contributed by atoms with Gasteiger partial charge in [0.05, 0.1) is 18.2 Å². The van der Waals surface area contributed by atoms with Crippen LogP contribution in [0.3, 0.4) is 0 Å². The van der Waals surface area contributed by atoms with Crippen LogP contribution >= 0.6 is 0 Å². The van der Waals surface area contributed by atoms with Crippen molar-refractivity contribution in [3.63, 3.8) is 0 Å². The molecule has 1 aromatic carbocycles. The molecule has 0 aliphatic carbocycles. The highest BCUT2D eigenvalue weighted by atomic mass is 16.7. The van der Waals surface area contributed by atoms with Crippen LogP contribution in [0.5, 0.6) is 0 Å². The van der Waals surface area contributed by atoms with Crippen molar-refractivity contribution in [3.05, 3.63) is 29.8 Å². The zero-order valence-electron chi connectivity index (χ0n) is 9.86. The van der Waals surface area contributed by atoms with E-state index < -0.39 is 6.03 Å². The molecule has 1 aromatic rings. The number of nitrogens with zero attached hydrogens (tertiary/aromatic N) is 1. The van der Waals surface area contributed by atoms with Crippen molar-refractivity contribution < 1.29 is 9.63 Å². The molecule has 2 amide bonds. The molecule has 0 unspecified atom stereocenters. The second kappa shape index (κ2) is 6.51. The van der Waals surface area contributed by atoms with E-state index in [0.29, 0.717) is 23.8 Å². The second-order valence-corrected chi connectivity index (χ2v) is 3.95. The topological polar surface area (TPSA) is 74.2 Å². The first-order valence-electron chi connectivity index (χ1n) is 5.30. The van der Waals surface area contributed by atoms with Crippen molar-refractivity contribution in [1.29, 1.82) is 5.26 Å². The van der Waals surface area contributed by atoms with E-state index in [1.54, 1.807) is 24.3 Å². The van der Waals surface area contributed by atoms with E-state index in [1.165, 1.54) is 0 Å². The molecule has 5 nitrogen and oxygen atoms in total. The van der Waals surface area contributed by atoms with Gasteiger partial charge in [0.2, 0.25) is 0 Å². The molecule has 2 N–H and O–H groups in total. The third-order valence-corrected chi connectivity index (χ3v) is 1.85. The SMILES string of the molecule is CC(C)CONC(=O)Nc1ccc(C#N)cc1. The predicted octanol–water partition coefficient (Wildman–Crippen LogP) is 2.27. The summed E-state index contributed by atoms with van der Waals surface area (Å²) >= 11 is 0. The Kier molecular flexibility index (Phi) is 4.98. The van der Waals surface area contributed by atoms with E-state index in [0.717, 1.165) is 0 Å². The van der Waals surface area contributed by atoms with Crippen molar-refractivity contribution in [2.75, 3.05) is 11.9 Å². The summed E-state index contributed by atoms with van der Waals surface area (Å²) in [5, 5.41) is 11.2. The number of urea groups is 1. The maximum absolute atomic E-state index is 11.3. The number of anilines is 1. The van der Waals surface area contributed by atoms with Crippen LogP contribution in [-0.2, 0) is 4.84 Å². The number of nitriles is 1. The molecule has 0 atom stereocenters. The molecule has 1 rings (SSSR count). The van der Waals surface area contributed by atoms with Gasteiger partial charge in [0, 0.05) is 5.69 Å². The molecule has 0 aromatic heterocycles. The lowest BCUT2D eigenvalue weighted by Crippen LogP contribution is -2.30. The van der Waals surface area contributed by atoms with Crippen molar-refractivity contribution in [3.8, 4) is 6.07 Å². The van der Waals surface area contributed by atoms with Gasteiger partial charge in [0.25, 0.3) is 0 Å². The van der Waals surface area contributed by atoms with Crippen LogP contribution in [0.15, 0.2) is 24.3 Å². The van der Waals surface area contributed by atoms with E-state index in [1.807, 2.05) is 19.9 Å². The number of benzene rings is 1. The molecule has 0 radical (unpaired) electrons. The average Bonchev–Trinajstić information content (AvgIpc) is 2.29. The van der Waals surface area contributed by atoms with Gasteiger partial charge in [0.1, 0.15) is 0 Å². The molecule has 0 aliphatic rings. The van der Waals surface area contributed by atoms with Crippen LogP contribution in [0.2, 0.25) is 0 Å². The summed E-state index contributed by atoms with van der Waals surface area (Å²) in [5.74, 6) is 0.352. The Morgan fingerprint density at radius 3 is 2.59 bits per heavy atom. The maximum Gasteiger partial charge on any atom is 0.343 e. The molecular weight excluding hydrogens is 218 g/mol. The van der Waals surface area contributed by atoms with Gasteiger partial charge in [-0.1, -0.05) is 13.8 Å². The highest BCUT2D eigenvalue weighted by Crippen LogP contribution is 2.08. The molecule has 0 spiro atoms. The highest BCUT2D eigenvalue weighted by molar-refractivity contribution is 5.88. The van der Waals surface area contributed by atoms with Crippen LogP contribution in [-0.4, -0.2) is 12.6 Å². The van der Waals surface area contributed by atoms with Crippen LogP contribution in [0.25, 0.3) is 0 Å². The fraction of sp³-hybridized carbons (Fsp3) is 0.333. The molecule has 0 bridgehead atoms. The number of carbonyl (C=O) groups excluding carboxylic acids is 1. The number of carbonyl (C=O) groups is 1. The number of hydroxylamine groups is 1. The van der Waals surface area contributed by atoms with Gasteiger partial charge in [-0.05, 0) is 30.2 Å². The lowest BCUT2D eigenvalue weighted by atomic mass is 10.2. The zero-order valence-corrected chi connectivity index (χ0v) is 9.86. The first-order chi connectivity index (χ1) is 8.11. The van der Waals surface area contributed by atoms with Crippen LogP contribution in [0.4, 0.5) is 10.5 Å². The maximum atomic E-state index is 11.3. The number of nitrogens with one attached hydrogen (secondary N) is 2. The summed E-state index contributed by atoms with van der Waals surface area (Å²) in [5.41, 5.74) is 3.43. The summed E-state index contributed by atoms with van der Waals surface area (Å²) < 4.78 is 0. The quantitative estimate of drug-likeness (QED) is 0.783.